The molecule has 106 valence electrons. The second-order valence-electron chi connectivity index (χ2n) is 4.63. The lowest BCUT2D eigenvalue weighted by Gasteiger charge is -2.16. The molecule has 1 aromatic carbocycles. The van der Waals surface area contributed by atoms with Crippen molar-refractivity contribution in [2.45, 2.75) is 32.1 Å². The minimum Gasteiger partial charge on any atom is -0.389 e. The SMILES string of the molecule is CC(CC(N)=O)NCC(O)COCc1ccccc1. The fourth-order valence-electron chi connectivity index (χ4n) is 1.66. The Bertz CT molecular complexity index is 370. The number of aliphatic hydroxyl groups excluding tert-OH is 1. The topological polar surface area (TPSA) is 84.6 Å². The van der Waals surface area contributed by atoms with Crippen LogP contribution in [0.3, 0.4) is 0 Å². The molecule has 19 heavy (non-hydrogen) atoms. The summed E-state index contributed by atoms with van der Waals surface area (Å²) in [7, 11) is 0. The maximum atomic E-state index is 10.7. The van der Waals surface area contributed by atoms with E-state index >= 15 is 0 Å². The highest BCUT2D eigenvalue weighted by atomic mass is 16.5. The Morgan fingerprint density at radius 1 is 1.42 bits per heavy atom. The van der Waals surface area contributed by atoms with Crippen molar-refractivity contribution in [2.75, 3.05) is 13.2 Å². The van der Waals surface area contributed by atoms with Crippen LogP contribution in [0.4, 0.5) is 0 Å². The number of nitrogens with one attached hydrogen (secondary N) is 1. The van der Waals surface area contributed by atoms with Gasteiger partial charge in [-0.1, -0.05) is 30.3 Å². The Hall–Kier alpha value is -1.43. The van der Waals surface area contributed by atoms with Crippen molar-refractivity contribution in [3.05, 3.63) is 35.9 Å². The van der Waals surface area contributed by atoms with Crippen LogP contribution in [0.15, 0.2) is 30.3 Å². The largest absolute Gasteiger partial charge is 0.389 e. The van der Waals surface area contributed by atoms with Gasteiger partial charge in [-0.3, -0.25) is 4.79 Å². The van der Waals surface area contributed by atoms with Crippen molar-refractivity contribution < 1.29 is 14.6 Å². The summed E-state index contributed by atoms with van der Waals surface area (Å²) in [4.78, 5) is 10.7. The van der Waals surface area contributed by atoms with Gasteiger partial charge in [0.15, 0.2) is 0 Å². The van der Waals surface area contributed by atoms with Crippen LogP contribution in [-0.2, 0) is 16.1 Å². The molecule has 0 fully saturated rings. The quantitative estimate of drug-likeness (QED) is 0.604. The molecule has 0 saturated carbocycles. The van der Waals surface area contributed by atoms with E-state index in [-0.39, 0.29) is 25.0 Å². The van der Waals surface area contributed by atoms with Crippen molar-refractivity contribution >= 4 is 5.91 Å². The van der Waals surface area contributed by atoms with Gasteiger partial charge in [0.25, 0.3) is 0 Å². The van der Waals surface area contributed by atoms with E-state index in [2.05, 4.69) is 5.32 Å². The van der Waals surface area contributed by atoms with Crippen LogP contribution in [0.1, 0.15) is 18.9 Å². The number of hydrogen-bond acceptors (Lipinski definition) is 4. The first-order valence-electron chi connectivity index (χ1n) is 6.39. The number of aliphatic hydroxyl groups is 1. The molecular formula is C14H22N2O3. The molecule has 0 aliphatic rings. The van der Waals surface area contributed by atoms with Gasteiger partial charge < -0.3 is 20.9 Å². The molecule has 0 aromatic heterocycles. The molecule has 1 rings (SSSR count). The van der Waals surface area contributed by atoms with Gasteiger partial charge in [-0.15, -0.1) is 0 Å². The summed E-state index contributed by atoms with van der Waals surface area (Å²) >= 11 is 0. The molecule has 0 aliphatic carbocycles. The number of nitrogens with two attached hydrogens (primary N) is 1. The molecule has 4 N–H and O–H groups in total. The zero-order chi connectivity index (χ0) is 14.1. The minimum absolute atomic E-state index is 0.0405. The highest BCUT2D eigenvalue weighted by Gasteiger charge is 2.09. The molecule has 0 bridgehead atoms. The van der Waals surface area contributed by atoms with E-state index in [0.717, 1.165) is 5.56 Å². The Morgan fingerprint density at radius 2 is 2.11 bits per heavy atom. The maximum Gasteiger partial charge on any atom is 0.218 e. The third-order valence-corrected chi connectivity index (χ3v) is 2.63. The van der Waals surface area contributed by atoms with Crippen LogP contribution >= 0.6 is 0 Å². The van der Waals surface area contributed by atoms with Crippen molar-refractivity contribution in [3.63, 3.8) is 0 Å². The van der Waals surface area contributed by atoms with Crippen LogP contribution in [0.2, 0.25) is 0 Å². The number of amides is 1. The van der Waals surface area contributed by atoms with E-state index in [1.807, 2.05) is 37.3 Å². The summed E-state index contributed by atoms with van der Waals surface area (Å²) in [6.45, 7) is 2.96. The lowest BCUT2D eigenvalue weighted by Crippen LogP contribution is -2.38. The Balaban J connectivity index is 2.11. The number of ether oxygens (including phenoxy) is 1. The summed E-state index contributed by atoms with van der Waals surface area (Å²) in [5.74, 6) is -0.352. The van der Waals surface area contributed by atoms with Crippen molar-refractivity contribution in [2.24, 2.45) is 5.73 Å². The number of primary amides is 1. The van der Waals surface area contributed by atoms with E-state index in [1.165, 1.54) is 0 Å². The zero-order valence-electron chi connectivity index (χ0n) is 11.2. The standard InChI is InChI=1S/C14H22N2O3/c1-11(7-14(15)18)16-8-13(17)10-19-9-12-5-3-2-4-6-12/h2-6,11,13,16-17H,7-10H2,1H3,(H2,15,18). The van der Waals surface area contributed by atoms with E-state index in [0.29, 0.717) is 13.2 Å². The van der Waals surface area contributed by atoms with Gasteiger partial charge in [-0.05, 0) is 12.5 Å². The minimum atomic E-state index is -0.598. The smallest absolute Gasteiger partial charge is 0.218 e. The molecule has 0 radical (unpaired) electrons. The molecule has 1 amide bonds. The molecule has 0 aliphatic heterocycles. The van der Waals surface area contributed by atoms with Gasteiger partial charge >= 0.3 is 0 Å². The average molecular weight is 266 g/mol. The molecule has 2 atom stereocenters. The van der Waals surface area contributed by atoms with Gasteiger partial charge in [0, 0.05) is 19.0 Å². The first kappa shape index (κ1) is 15.6. The number of hydrogen-bond donors (Lipinski definition) is 3. The van der Waals surface area contributed by atoms with Crippen LogP contribution in [0.25, 0.3) is 0 Å². The van der Waals surface area contributed by atoms with Crippen LogP contribution < -0.4 is 11.1 Å². The Labute approximate surface area is 113 Å². The van der Waals surface area contributed by atoms with E-state index < -0.39 is 6.10 Å². The molecule has 2 unspecified atom stereocenters. The number of benzene rings is 1. The molecule has 0 heterocycles. The second-order valence-corrected chi connectivity index (χ2v) is 4.63. The number of carbonyl (C=O) groups excluding carboxylic acids is 1. The van der Waals surface area contributed by atoms with Gasteiger partial charge in [0.05, 0.1) is 19.3 Å². The van der Waals surface area contributed by atoms with E-state index in [1.54, 1.807) is 0 Å². The van der Waals surface area contributed by atoms with Crippen molar-refractivity contribution in [3.8, 4) is 0 Å². The molecule has 5 nitrogen and oxygen atoms in total. The zero-order valence-corrected chi connectivity index (χ0v) is 11.2. The van der Waals surface area contributed by atoms with Gasteiger partial charge in [0.1, 0.15) is 0 Å². The average Bonchev–Trinajstić information content (AvgIpc) is 2.37. The fraction of sp³-hybridized carbons (Fsp3) is 0.500. The lowest BCUT2D eigenvalue weighted by molar-refractivity contribution is -0.118. The third-order valence-electron chi connectivity index (χ3n) is 2.63. The predicted octanol–water partition coefficient (Wildman–Crippen LogP) is 0.418. The first-order chi connectivity index (χ1) is 9.08. The highest BCUT2D eigenvalue weighted by molar-refractivity contribution is 5.74. The Kier molecular flexibility index (Phi) is 7.10. The predicted molar refractivity (Wildman–Crippen MR) is 73.4 cm³/mol. The molecular weight excluding hydrogens is 244 g/mol. The first-order valence-corrected chi connectivity index (χ1v) is 6.39. The maximum absolute atomic E-state index is 10.7. The Morgan fingerprint density at radius 3 is 2.74 bits per heavy atom. The molecule has 0 saturated heterocycles. The van der Waals surface area contributed by atoms with Crippen molar-refractivity contribution in [1.82, 2.24) is 5.32 Å². The van der Waals surface area contributed by atoms with E-state index in [4.69, 9.17) is 10.5 Å². The number of rotatable bonds is 9. The lowest BCUT2D eigenvalue weighted by atomic mass is 10.2. The second kappa shape index (κ2) is 8.63. The van der Waals surface area contributed by atoms with Gasteiger partial charge in [-0.2, -0.15) is 0 Å². The fourth-order valence-corrected chi connectivity index (χ4v) is 1.66. The van der Waals surface area contributed by atoms with Crippen LogP contribution in [0.5, 0.6) is 0 Å². The van der Waals surface area contributed by atoms with Crippen LogP contribution in [-0.4, -0.2) is 36.3 Å². The van der Waals surface area contributed by atoms with Gasteiger partial charge in [-0.25, -0.2) is 0 Å². The monoisotopic (exact) mass is 266 g/mol. The van der Waals surface area contributed by atoms with E-state index in [9.17, 15) is 9.90 Å². The third kappa shape index (κ3) is 7.56. The van der Waals surface area contributed by atoms with Crippen molar-refractivity contribution in [1.29, 1.82) is 0 Å². The molecule has 0 spiro atoms. The summed E-state index contributed by atoms with van der Waals surface area (Å²) in [5.41, 5.74) is 6.15. The summed E-state index contributed by atoms with van der Waals surface area (Å²) in [6, 6.07) is 9.74. The number of carbonyl (C=O) groups is 1. The summed E-state index contributed by atoms with van der Waals surface area (Å²) in [5, 5.41) is 12.7. The molecule has 5 heteroatoms. The molecule has 1 aromatic rings. The normalized spacial score (nSPS) is 14.0. The highest BCUT2D eigenvalue weighted by Crippen LogP contribution is 2.01. The van der Waals surface area contributed by atoms with Crippen LogP contribution in [0, 0.1) is 0 Å². The van der Waals surface area contributed by atoms with Gasteiger partial charge in [0.2, 0.25) is 5.91 Å². The summed E-state index contributed by atoms with van der Waals surface area (Å²) < 4.78 is 5.41. The summed E-state index contributed by atoms with van der Waals surface area (Å²) in [6.07, 6.45) is -0.337.